The minimum absolute atomic E-state index is 0.218. The van der Waals surface area contributed by atoms with Gasteiger partial charge in [-0.3, -0.25) is 9.69 Å². The van der Waals surface area contributed by atoms with E-state index >= 15 is 0 Å². The van der Waals surface area contributed by atoms with Gasteiger partial charge in [0.25, 0.3) is 0 Å². The lowest BCUT2D eigenvalue weighted by Crippen LogP contribution is -2.49. The Morgan fingerprint density at radius 2 is 1.82 bits per heavy atom. The SMILES string of the molecule is Cc1ccc(C(C)N2CCN(C)C(=O)C2)cc1. The van der Waals surface area contributed by atoms with Crippen LogP contribution >= 0.6 is 0 Å². The van der Waals surface area contributed by atoms with Crippen LogP contribution in [0.2, 0.25) is 0 Å². The second-order valence-corrected chi connectivity index (χ2v) is 4.87. The van der Waals surface area contributed by atoms with E-state index in [0.717, 1.165) is 13.1 Å². The van der Waals surface area contributed by atoms with E-state index in [0.29, 0.717) is 12.6 Å². The zero-order valence-electron chi connectivity index (χ0n) is 10.8. The highest BCUT2D eigenvalue weighted by Gasteiger charge is 2.25. The predicted octanol–water partition coefficient (Wildman–Crippen LogP) is 1.83. The summed E-state index contributed by atoms with van der Waals surface area (Å²) >= 11 is 0. The first-order valence-corrected chi connectivity index (χ1v) is 6.12. The Kier molecular flexibility index (Phi) is 3.48. The molecule has 1 heterocycles. The van der Waals surface area contributed by atoms with Crippen molar-refractivity contribution >= 4 is 5.91 Å². The fourth-order valence-electron chi connectivity index (χ4n) is 2.16. The van der Waals surface area contributed by atoms with Crippen LogP contribution in [0.3, 0.4) is 0 Å². The summed E-state index contributed by atoms with van der Waals surface area (Å²) < 4.78 is 0. The molecule has 1 amide bonds. The molecule has 1 atom stereocenters. The first kappa shape index (κ1) is 12.1. The average molecular weight is 232 g/mol. The molecule has 17 heavy (non-hydrogen) atoms. The third kappa shape index (κ3) is 2.67. The largest absolute Gasteiger partial charge is 0.343 e. The number of aryl methyl sites for hydroxylation is 1. The number of piperazine rings is 1. The molecule has 3 nitrogen and oxygen atoms in total. The van der Waals surface area contributed by atoms with Gasteiger partial charge in [-0.05, 0) is 19.4 Å². The van der Waals surface area contributed by atoms with E-state index in [1.165, 1.54) is 11.1 Å². The first-order valence-electron chi connectivity index (χ1n) is 6.12. The standard InChI is InChI=1S/C14H20N2O/c1-11-4-6-13(7-5-11)12(2)16-9-8-15(3)14(17)10-16/h4-7,12H,8-10H2,1-3H3. The maximum atomic E-state index is 11.7. The number of amides is 1. The van der Waals surface area contributed by atoms with Crippen LogP contribution in [0.25, 0.3) is 0 Å². The zero-order valence-corrected chi connectivity index (χ0v) is 10.8. The fraction of sp³-hybridized carbons (Fsp3) is 0.500. The number of carbonyl (C=O) groups excluding carboxylic acids is 1. The molecule has 1 fully saturated rings. The normalized spacial score (nSPS) is 19.5. The van der Waals surface area contributed by atoms with Crippen molar-refractivity contribution in [2.45, 2.75) is 19.9 Å². The van der Waals surface area contributed by atoms with E-state index in [-0.39, 0.29) is 5.91 Å². The van der Waals surface area contributed by atoms with Crippen molar-refractivity contribution < 1.29 is 4.79 Å². The van der Waals surface area contributed by atoms with Crippen molar-refractivity contribution in [1.82, 2.24) is 9.80 Å². The van der Waals surface area contributed by atoms with Crippen molar-refractivity contribution in [3.63, 3.8) is 0 Å². The Morgan fingerprint density at radius 1 is 1.18 bits per heavy atom. The van der Waals surface area contributed by atoms with E-state index in [9.17, 15) is 4.79 Å². The van der Waals surface area contributed by atoms with Crippen LogP contribution < -0.4 is 0 Å². The van der Waals surface area contributed by atoms with Gasteiger partial charge in [0.05, 0.1) is 6.54 Å². The lowest BCUT2D eigenvalue weighted by Gasteiger charge is -2.36. The molecule has 0 radical (unpaired) electrons. The number of likely N-dealkylation sites (N-methyl/N-ethyl adjacent to an activating group) is 1. The van der Waals surface area contributed by atoms with E-state index in [1.54, 1.807) is 4.90 Å². The molecule has 1 aromatic carbocycles. The van der Waals surface area contributed by atoms with E-state index < -0.39 is 0 Å². The summed E-state index contributed by atoms with van der Waals surface area (Å²) in [5.41, 5.74) is 2.56. The number of benzene rings is 1. The van der Waals surface area contributed by atoms with Crippen LogP contribution in [0, 0.1) is 6.92 Å². The van der Waals surface area contributed by atoms with Gasteiger partial charge in [-0.25, -0.2) is 0 Å². The summed E-state index contributed by atoms with van der Waals surface area (Å²) in [5.74, 6) is 0.218. The van der Waals surface area contributed by atoms with E-state index in [4.69, 9.17) is 0 Å². The summed E-state index contributed by atoms with van der Waals surface area (Å²) in [7, 11) is 1.87. The molecule has 92 valence electrons. The molecule has 3 heteroatoms. The third-order valence-electron chi connectivity index (χ3n) is 3.59. The average Bonchev–Trinajstić information content (AvgIpc) is 2.33. The molecular formula is C14H20N2O. The smallest absolute Gasteiger partial charge is 0.236 e. The molecular weight excluding hydrogens is 212 g/mol. The van der Waals surface area contributed by atoms with Crippen molar-refractivity contribution in [1.29, 1.82) is 0 Å². The van der Waals surface area contributed by atoms with Crippen molar-refractivity contribution in [3.05, 3.63) is 35.4 Å². The minimum Gasteiger partial charge on any atom is -0.343 e. The summed E-state index contributed by atoms with van der Waals surface area (Å²) in [6.07, 6.45) is 0. The van der Waals surface area contributed by atoms with Crippen LogP contribution in [0.15, 0.2) is 24.3 Å². The fourth-order valence-corrected chi connectivity index (χ4v) is 2.16. The maximum absolute atomic E-state index is 11.7. The van der Waals surface area contributed by atoms with Gasteiger partial charge < -0.3 is 4.90 Å². The molecule has 1 unspecified atom stereocenters. The molecule has 1 aliphatic rings. The molecule has 0 bridgehead atoms. The Morgan fingerprint density at radius 3 is 2.41 bits per heavy atom. The number of rotatable bonds is 2. The van der Waals surface area contributed by atoms with E-state index in [1.807, 2.05) is 7.05 Å². The maximum Gasteiger partial charge on any atom is 0.236 e. The van der Waals surface area contributed by atoms with Crippen LogP contribution in [-0.2, 0) is 4.79 Å². The highest BCUT2D eigenvalue weighted by Crippen LogP contribution is 2.21. The Hall–Kier alpha value is -1.35. The number of hydrogen-bond donors (Lipinski definition) is 0. The summed E-state index contributed by atoms with van der Waals surface area (Å²) in [5, 5.41) is 0. The van der Waals surface area contributed by atoms with Crippen LogP contribution in [-0.4, -0.2) is 42.4 Å². The lowest BCUT2D eigenvalue weighted by atomic mass is 10.0. The number of hydrogen-bond acceptors (Lipinski definition) is 2. The summed E-state index contributed by atoms with van der Waals surface area (Å²) in [6, 6.07) is 8.88. The molecule has 0 aromatic heterocycles. The van der Waals surface area contributed by atoms with Gasteiger partial charge >= 0.3 is 0 Å². The highest BCUT2D eigenvalue weighted by molar-refractivity contribution is 5.78. The van der Waals surface area contributed by atoms with E-state index in [2.05, 4.69) is 43.0 Å². The summed E-state index contributed by atoms with van der Waals surface area (Å²) in [4.78, 5) is 15.7. The molecule has 0 saturated carbocycles. The zero-order chi connectivity index (χ0) is 12.4. The molecule has 1 saturated heterocycles. The Labute approximate surface area is 103 Å². The van der Waals surface area contributed by atoms with Crippen molar-refractivity contribution in [2.24, 2.45) is 0 Å². The van der Waals surface area contributed by atoms with Crippen molar-refractivity contribution in [2.75, 3.05) is 26.7 Å². The van der Waals surface area contributed by atoms with Gasteiger partial charge in [-0.1, -0.05) is 29.8 Å². The molecule has 0 N–H and O–H groups in total. The van der Waals surface area contributed by atoms with Crippen LogP contribution in [0.1, 0.15) is 24.1 Å². The first-order chi connectivity index (χ1) is 8.08. The quantitative estimate of drug-likeness (QED) is 0.776. The molecule has 0 aliphatic carbocycles. The number of carbonyl (C=O) groups is 1. The molecule has 1 aromatic rings. The Balaban J connectivity index is 2.07. The van der Waals surface area contributed by atoms with Gasteiger partial charge in [0, 0.05) is 26.2 Å². The second-order valence-electron chi connectivity index (χ2n) is 4.87. The van der Waals surface area contributed by atoms with Gasteiger partial charge in [0.15, 0.2) is 0 Å². The van der Waals surface area contributed by atoms with Crippen LogP contribution in [0.5, 0.6) is 0 Å². The topological polar surface area (TPSA) is 23.6 Å². The van der Waals surface area contributed by atoms with Gasteiger partial charge in [0.1, 0.15) is 0 Å². The third-order valence-corrected chi connectivity index (χ3v) is 3.59. The van der Waals surface area contributed by atoms with Gasteiger partial charge in [-0.15, -0.1) is 0 Å². The molecule has 1 aliphatic heterocycles. The molecule has 0 spiro atoms. The minimum atomic E-state index is 0.218. The highest BCUT2D eigenvalue weighted by atomic mass is 16.2. The summed E-state index contributed by atoms with van der Waals surface area (Å²) in [6.45, 7) is 6.58. The van der Waals surface area contributed by atoms with Crippen LogP contribution in [0.4, 0.5) is 0 Å². The lowest BCUT2D eigenvalue weighted by molar-refractivity contribution is -0.135. The molecule has 2 rings (SSSR count). The van der Waals surface area contributed by atoms with Gasteiger partial charge in [0.2, 0.25) is 5.91 Å². The number of nitrogens with zero attached hydrogens (tertiary/aromatic N) is 2. The Bertz CT molecular complexity index is 399. The van der Waals surface area contributed by atoms with Crippen molar-refractivity contribution in [3.8, 4) is 0 Å². The second kappa shape index (κ2) is 4.88. The predicted molar refractivity (Wildman–Crippen MR) is 68.8 cm³/mol. The monoisotopic (exact) mass is 232 g/mol. The van der Waals surface area contributed by atoms with Gasteiger partial charge in [-0.2, -0.15) is 0 Å².